The van der Waals surface area contributed by atoms with E-state index >= 15 is 0 Å². The summed E-state index contributed by atoms with van der Waals surface area (Å²) in [7, 11) is 0. The van der Waals surface area contributed by atoms with Crippen LogP contribution in [0.15, 0.2) is 6.07 Å². The van der Waals surface area contributed by atoms with Crippen LogP contribution in [0.2, 0.25) is 5.02 Å². The standard InChI is InChI=1S/C7H2Cl2F3NO/c8-3-1-2(6(10)11)4(5(9)14)13-7(3)12/h1,6H. The molecule has 1 heterocycles. The van der Waals surface area contributed by atoms with Crippen molar-refractivity contribution in [2.24, 2.45) is 0 Å². The third-order valence-corrected chi connectivity index (χ3v) is 1.83. The number of carbonyl (C=O) groups is 1. The van der Waals surface area contributed by atoms with Crippen LogP contribution in [0, 0.1) is 5.95 Å². The van der Waals surface area contributed by atoms with Crippen LogP contribution in [0.5, 0.6) is 0 Å². The fourth-order valence-electron chi connectivity index (χ4n) is 0.804. The molecule has 0 amide bonds. The largest absolute Gasteiger partial charge is 0.274 e. The van der Waals surface area contributed by atoms with Crippen molar-refractivity contribution >= 4 is 28.4 Å². The van der Waals surface area contributed by atoms with Gasteiger partial charge in [-0.1, -0.05) is 11.6 Å². The van der Waals surface area contributed by atoms with Gasteiger partial charge in [-0.05, 0) is 17.7 Å². The highest BCUT2D eigenvalue weighted by Crippen LogP contribution is 2.26. The maximum absolute atomic E-state index is 12.7. The minimum atomic E-state index is -2.99. The lowest BCUT2D eigenvalue weighted by atomic mass is 10.2. The first kappa shape index (κ1) is 11.3. The zero-order valence-corrected chi connectivity index (χ0v) is 7.91. The molecule has 0 bridgehead atoms. The Morgan fingerprint density at radius 3 is 2.50 bits per heavy atom. The minimum Gasteiger partial charge on any atom is -0.274 e. The average Bonchev–Trinajstić information content (AvgIpc) is 2.08. The second-order valence-corrected chi connectivity index (χ2v) is 3.02. The van der Waals surface area contributed by atoms with Crippen LogP contribution in [-0.4, -0.2) is 10.2 Å². The Hall–Kier alpha value is -0.810. The van der Waals surface area contributed by atoms with Gasteiger partial charge >= 0.3 is 0 Å². The molecule has 2 nitrogen and oxygen atoms in total. The summed E-state index contributed by atoms with van der Waals surface area (Å²) in [5.74, 6) is -1.21. The van der Waals surface area contributed by atoms with E-state index in [1.54, 1.807) is 0 Å². The highest BCUT2D eigenvalue weighted by Gasteiger charge is 2.21. The topological polar surface area (TPSA) is 30.0 Å². The summed E-state index contributed by atoms with van der Waals surface area (Å²) in [6.07, 6.45) is -2.99. The highest BCUT2D eigenvalue weighted by atomic mass is 35.5. The third kappa shape index (κ3) is 2.16. The molecule has 0 radical (unpaired) electrons. The summed E-state index contributed by atoms with van der Waals surface area (Å²) in [6, 6.07) is 0.629. The van der Waals surface area contributed by atoms with Crippen molar-refractivity contribution in [2.75, 3.05) is 0 Å². The Kier molecular flexibility index (Phi) is 3.34. The molecule has 0 aliphatic heterocycles. The van der Waals surface area contributed by atoms with Crippen molar-refractivity contribution in [3.8, 4) is 0 Å². The summed E-state index contributed by atoms with van der Waals surface area (Å²) in [4.78, 5) is 13.5. The number of hydrogen-bond acceptors (Lipinski definition) is 2. The van der Waals surface area contributed by atoms with Crippen LogP contribution < -0.4 is 0 Å². The molecule has 1 aromatic heterocycles. The van der Waals surface area contributed by atoms with Crippen LogP contribution in [0.3, 0.4) is 0 Å². The summed E-state index contributed by atoms with van der Waals surface area (Å²) in [6.45, 7) is 0. The second kappa shape index (κ2) is 4.14. The molecule has 0 saturated carbocycles. The molecule has 1 rings (SSSR count). The van der Waals surface area contributed by atoms with Crippen molar-refractivity contribution in [1.82, 2.24) is 4.98 Å². The maximum atomic E-state index is 12.7. The second-order valence-electron chi connectivity index (χ2n) is 2.27. The van der Waals surface area contributed by atoms with E-state index in [-0.39, 0.29) is 0 Å². The number of pyridine rings is 1. The van der Waals surface area contributed by atoms with Crippen LogP contribution in [0.4, 0.5) is 13.2 Å². The minimum absolute atomic E-state index is 0.582. The SMILES string of the molecule is O=C(Cl)c1nc(F)c(Cl)cc1C(F)F. The number of rotatable bonds is 2. The van der Waals surface area contributed by atoms with Crippen molar-refractivity contribution in [3.63, 3.8) is 0 Å². The lowest BCUT2D eigenvalue weighted by Crippen LogP contribution is -2.04. The summed E-state index contributed by atoms with van der Waals surface area (Å²) >= 11 is 10.1. The normalized spacial score (nSPS) is 10.7. The Morgan fingerprint density at radius 1 is 1.50 bits per heavy atom. The Balaban J connectivity index is 3.39. The zero-order valence-electron chi connectivity index (χ0n) is 6.40. The molecular formula is C7H2Cl2F3NO. The fourth-order valence-corrected chi connectivity index (χ4v) is 1.12. The lowest BCUT2D eigenvalue weighted by molar-refractivity contribution is 0.105. The molecular weight excluding hydrogens is 242 g/mol. The molecule has 0 fully saturated rings. The molecule has 0 aliphatic carbocycles. The van der Waals surface area contributed by atoms with Crippen LogP contribution >= 0.6 is 23.2 Å². The molecule has 0 spiro atoms. The van der Waals surface area contributed by atoms with E-state index in [9.17, 15) is 18.0 Å². The van der Waals surface area contributed by atoms with Gasteiger partial charge < -0.3 is 0 Å². The Morgan fingerprint density at radius 2 is 2.07 bits per heavy atom. The van der Waals surface area contributed by atoms with Gasteiger partial charge in [-0.2, -0.15) is 4.39 Å². The van der Waals surface area contributed by atoms with E-state index in [2.05, 4.69) is 4.98 Å². The molecule has 0 N–H and O–H groups in total. The smallest absolute Gasteiger partial charge is 0.271 e. The van der Waals surface area contributed by atoms with E-state index in [4.69, 9.17) is 23.2 Å². The lowest BCUT2D eigenvalue weighted by Gasteiger charge is -2.04. The summed E-state index contributed by atoms with van der Waals surface area (Å²) < 4.78 is 37.2. The number of carbonyl (C=O) groups excluding carboxylic acids is 1. The molecule has 14 heavy (non-hydrogen) atoms. The summed E-state index contributed by atoms with van der Waals surface area (Å²) in [5.41, 5.74) is -1.60. The molecule has 76 valence electrons. The Labute approximate surface area is 86.6 Å². The van der Waals surface area contributed by atoms with E-state index < -0.39 is 33.9 Å². The van der Waals surface area contributed by atoms with Crippen molar-refractivity contribution in [3.05, 3.63) is 28.3 Å². The van der Waals surface area contributed by atoms with E-state index in [0.29, 0.717) is 6.07 Å². The van der Waals surface area contributed by atoms with Gasteiger partial charge in [0.15, 0.2) is 0 Å². The van der Waals surface area contributed by atoms with Gasteiger partial charge in [0.2, 0.25) is 5.95 Å². The van der Waals surface area contributed by atoms with E-state index in [1.807, 2.05) is 0 Å². The molecule has 1 aromatic rings. The molecule has 0 saturated heterocycles. The monoisotopic (exact) mass is 243 g/mol. The highest BCUT2D eigenvalue weighted by molar-refractivity contribution is 6.67. The van der Waals surface area contributed by atoms with Crippen molar-refractivity contribution in [2.45, 2.75) is 6.43 Å². The third-order valence-electron chi connectivity index (χ3n) is 1.38. The van der Waals surface area contributed by atoms with E-state index in [0.717, 1.165) is 0 Å². The van der Waals surface area contributed by atoms with E-state index in [1.165, 1.54) is 0 Å². The van der Waals surface area contributed by atoms with Gasteiger partial charge in [0.1, 0.15) is 5.69 Å². The van der Waals surface area contributed by atoms with Gasteiger partial charge in [-0.25, -0.2) is 13.8 Å². The molecule has 0 aromatic carbocycles. The summed E-state index contributed by atoms with van der Waals surface area (Å²) in [5, 5.41) is -1.84. The average molecular weight is 244 g/mol. The quantitative estimate of drug-likeness (QED) is 0.590. The van der Waals surface area contributed by atoms with Crippen LogP contribution in [-0.2, 0) is 0 Å². The number of nitrogens with zero attached hydrogens (tertiary/aromatic N) is 1. The van der Waals surface area contributed by atoms with Gasteiger partial charge in [0.25, 0.3) is 11.7 Å². The van der Waals surface area contributed by atoms with Gasteiger partial charge in [-0.15, -0.1) is 0 Å². The maximum Gasteiger partial charge on any atom is 0.271 e. The van der Waals surface area contributed by atoms with Gasteiger partial charge in [0.05, 0.1) is 10.6 Å². The molecule has 0 atom stereocenters. The first-order valence-corrected chi connectivity index (χ1v) is 4.03. The fraction of sp³-hybridized carbons (Fsp3) is 0.143. The van der Waals surface area contributed by atoms with Crippen LogP contribution in [0.25, 0.3) is 0 Å². The zero-order chi connectivity index (χ0) is 10.9. The first-order chi connectivity index (χ1) is 6.43. The predicted octanol–water partition coefficient (Wildman–Crippen LogP) is 3.19. The Bertz CT molecular complexity index is 383. The van der Waals surface area contributed by atoms with Crippen molar-refractivity contribution in [1.29, 1.82) is 0 Å². The van der Waals surface area contributed by atoms with Gasteiger partial charge in [-0.3, -0.25) is 4.79 Å². The molecule has 7 heteroatoms. The molecule has 0 aliphatic rings. The number of aromatic nitrogens is 1. The number of alkyl halides is 2. The van der Waals surface area contributed by atoms with Crippen molar-refractivity contribution < 1.29 is 18.0 Å². The number of halogens is 5. The predicted molar refractivity (Wildman–Crippen MR) is 44.3 cm³/mol. The first-order valence-electron chi connectivity index (χ1n) is 3.27. The molecule has 0 unspecified atom stereocenters. The van der Waals surface area contributed by atoms with Gasteiger partial charge in [0, 0.05) is 0 Å². The number of hydrogen-bond donors (Lipinski definition) is 0. The van der Waals surface area contributed by atoms with Crippen LogP contribution in [0.1, 0.15) is 22.5 Å².